The van der Waals surface area contributed by atoms with Crippen molar-refractivity contribution in [2.75, 3.05) is 31.2 Å². The van der Waals surface area contributed by atoms with Gasteiger partial charge in [-0.05, 0) is 12.8 Å². The Morgan fingerprint density at radius 2 is 2.00 bits per heavy atom. The Kier molecular flexibility index (Phi) is 5.05. The molecular formula is C17H23N7O2. The lowest BCUT2D eigenvalue weighted by molar-refractivity contribution is 0.0935. The molecular weight excluding hydrogens is 334 g/mol. The molecule has 2 aliphatic heterocycles. The van der Waals surface area contributed by atoms with Crippen LogP contribution in [0.4, 0.5) is 5.82 Å². The fourth-order valence-electron chi connectivity index (χ4n) is 3.35. The van der Waals surface area contributed by atoms with Gasteiger partial charge in [0.15, 0.2) is 0 Å². The van der Waals surface area contributed by atoms with Crippen molar-refractivity contribution in [2.24, 2.45) is 0 Å². The van der Waals surface area contributed by atoms with E-state index in [4.69, 9.17) is 4.74 Å². The predicted octanol–water partition coefficient (Wildman–Crippen LogP) is 0.561. The molecule has 4 rings (SSSR count). The second kappa shape index (κ2) is 7.77. The van der Waals surface area contributed by atoms with Gasteiger partial charge in [0.05, 0.1) is 25.5 Å². The summed E-state index contributed by atoms with van der Waals surface area (Å²) >= 11 is 0. The molecule has 0 spiro atoms. The molecule has 1 amide bonds. The van der Waals surface area contributed by atoms with E-state index < -0.39 is 0 Å². The number of morpholine rings is 1. The Bertz CT molecular complexity index is 770. The highest BCUT2D eigenvalue weighted by molar-refractivity contribution is 5.90. The Hall–Kier alpha value is -2.55. The van der Waals surface area contributed by atoms with Gasteiger partial charge >= 0.3 is 0 Å². The number of ether oxygens (including phenoxy) is 1. The van der Waals surface area contributed by atoms with Crippen LogP contribution < -0.4 is 10.2 Å². The standard InChI is InChI=1S/C17H23N7O2/c25-17(16-22-21-14-4-2-1-3-5-24(14)16)18-11-13-10-15(20-12-19-13)23-6-8-26-9-7-23/h10,12H,1-9,11H2,(H,18,25). The van der Waals surface area contributed by atoms with E-state index in [1.807, 2.05) is 10.6 Å². The number of hydrogen-bond acceptors (Lipinski definition) is 7. The lowest BCUT2D eigenvalue weighted by Crippen LogP contribution is -2.37. The van der Waals surface area contributed by atoms with E-state index in [0.29, 0.717) is 25.6 Å². The van der Waals surface area contributed by atoms with Crippen molar-refractivity contribution in [1.29, 1.82) is 0 Å². The number of amides is 1. The maximum absolute atomic E-state index is 12.5. The highest BCUT2D eigenvalue weighted by Crippen LogP contribution is 2.15. The zero-order valence-corrected chi connectivity index (χ0v) is 14.7. The van der Waals surface area contributed by atoms with E-state index in [9.17, 15) is 4.79 Å². The van der Waals surface area contributed by atoms with Crippen LogP contribution in [0.15, 0.2) is 12.4 Å². The summed E-state index contributed by atoms with van der Waals surface area (Å²) in [6.07, 6.45) is 5.74. The van der Waals surface area contributed by atoms with E-state index in [-0.39, 0.29) is 5.91 Å². The topological polar surface area (TPSA) is 98.1 Å². The number of nitrogens with one attached hydrogen (secondary N) is 1. The van der Waals surface area contributed by atoms with Crippen LogP contribution in [0.1, 0.15) is 41.4 Å². The van der Waals surface area contributed by atoms with E-state index >= 15 is 0 Å². The normalized spacial score (nSPS) is 17.5. The number of carbonyl (C=O) groups excluding carboxylic acids is 1. The summed E-state index contributed by atoms with van der Waals surface area (Å²) in [6.45, 7) is 4.17. The molecule has 9 heteroatoms. The first-order valence-electron chi connectivity index (χ1n) is 9.15. The van der Waals surface area contributed by atoms with Gasteiger partial charge in [-0.1, -0.05) is 6.42 Å². The lowest BCUT2D eigenvalue weighted by atomic mass is 10.2. The zero-order chi connectivity index (χ0) is 17.8. The molecule has 4 heterocycles. The zero-order valence-electron chi connectivity index (χ0n) is 14.7. The van der Waals surface area contributed by atoms with Crippen LogP contribution in [0.3, 0.4) is 0 Å². The molecule has 2 aliphatic rings. The van der Waals surface area contributed by atoms with Crippen molar-refractivity contribution in [3.8, 4) is 0 Å². The maximum Gasteiger partial charge on any atom is 0.289 e. The number of aromatic nitrogens is 5. The van der Waals surface area contributed by atoms with Crippen molar-refractivity contribution in [3.05, 3.63) is 29.7 Å². The van der Waals surface area contributed by atoms with Crippen LogP contribution in [0.25, 0.3) is 0 Å². The highest BCUT2D eigenvalue weighted by atomic mass is 16.5. The van der Waals surface area contributed by atoms with Gasteiger partial charge in [-0.25, -0.2) is 9.97 Å². The smallest absolute Gasteiger partial charge is 0.289 e. The van der Waals surface area contributed by atoms with E-state index in [0.717, 1.165) is 62.7 Å². The summed E-state index contributed by atoms with van der Waals surface area (Å²) in [5.74, 6) is 1.95. The van der Waals surface area contributed by atoms with Crippen LogP contribution in [0.5, 0.6) is 0 Å². The average Bonchev–Trinajstić information content (AvgIpc) is 2.95. The van der Waals surface area contributed by atoms with Crippen LogP contribution in [0, 0.1) is 0 Å². The average molecular weight is 357 g/mol. The van der Waals surface area contributed by atoms with Gasteiger partial charge < -0.3 is 19.5 Å². The molecule has 1 fully saturated rings. The summed E-state index contributed by atoms with van der Waals surface area (Å²) < 4.78 is 7.31. The molecule has 0 aliphatic carbocycles. The minimum Gasteiger partial charge on any atom is -0.378 e. The fraction of sp³-hybridized carbons (Fsp3) is 0.588. The van der Waals surface area contributed by atoms with Crippen molar-refractivity contribution < 1.29 is 9.53 Å². The monoisotopic (exact) mass is 357 g/mol. The van der Waals surface area contributed by atoms with Gasteiger partial charge in [-0.3, -0.25) is 4.79 Å². The highest BCUT2D eigenvalue weighted by Gasteiger charge is 2.20. The largest absolute Gasteiger partial charge is 0.378 e. The van der Waals surface area contributed by atoms with Crippen LogP contribution in [0.2, 0.25) is 0 Å². The summed E-state index contributed by atoms with van der Waals surface area (Å²) in [4.78, 5) is 23.3. The summed E-state index contributed by atoms with van der Waals surface area (Å²) in [5, 5.41) is 11.2. The van der Waals surface area contributed by atoms with Crippen LogP contribution in [-0.4, -0.2) is 56.9 Å². The molecule has 1 N–H and O–H groups in total. The third-order valence-corrected chi connectivity index (χ3v) is 4.79. The Balaban J connectivity index is 1.41. The first-order valence-corrected chi connectivity index (χ1v) is 9.15. The minimum atomic E-state index is -0.211. The van der Waals surface area contributed by atoms with Gasteiger partial charge in [0, 0.05) is 32.1 Å². The van der Waals surface area contributed by atoms with Gasteiger partial charge in [-0.2, -0.15) is 0 Å². The molecule has 0 aromatic carbocycles. The third kappa shape index (κ3) is 3.67. The predicted molar refractivity (Wildman–Crippen MR) is 93.8 cm³/mol. The molecule has 0 bridgehead atoms. The minimum absolute atomic E-state index is 0.211. The van der Waals surface area contributed by atoms with E-state index in [1.54, 1.807) is 0 Å². The second-order valence-electron chi connectivity index (χ2n) is 6.55. The molecule has 2 aromatic heterocycles. The van der Waals surface area contributed by atoms with E-state index in [1.165, 1.54) is 6.33 Å². The molecule has 0 unspecified atom stereocenters. The molecule has 0 atom stereocenters. The molecule has 138 valence electrons. The maximum atomic E-state index is 12.5. The Morgan fingerprint density at radius 1 is 1.12 bits per heavy atom. The number of hydrogen-bond donors (Lipinski definition) is 1. The first-order chi connectivity index (χ1) is 12.8. The quantitative estimate of drug-likeness (QED) is 0.854. The lowest BCUT2D eigenvalue weighted by Gasteiger charge is -2.27. The second-order valence-corrected chi connectivity index (χ2v) is 6.55. The summed E-state index contributed by atoms with van der Waals surface area (Å²) in [7, 11) is 0. The molecule has 9 nitrogen and oxygen atoms in total. The van der Waals surface area contributed by atoms with Crippen LogP contribution in [-0.2, 0) is 24.2 Å². The van der Waals surface area contributed by atoms with Gasteiger partial charge in [0.2, 0.25) is 5.82 Å². The van der Waals surface area contributed by atoms with Gasteiger partial charge in [0.25, 0.3) is 5.91 Å². The third-order valence-electron chi connectivity index (χ3n) is 4.79. The Morgan fingerprint density at radius 3 is 2.88 bits per heavy atom. The summed E-state index contributed by atoms with van der Waals surface area (Å²) in [5.41, 5.74) is 0.769. The van der Waals surface area contributed by atoms with Crippen molar-refractivity contribution in [3.63, 3.8) is 0 Å². The van der Waals surface area contributed by atoms with Crippen molar-refractivity contribution >= 4 is 11.7 Å². The van der Waals surface area contributed by atoms with Crippen molar-refractivity contribution in [2.45, 2.75) is 38.8 Å². The van der Waals surface area contributed by atoms with Gasteiger partial charge in [0.1, 0.15) is 18.0 Å². The SMILES string of the molecule is O=C(NCc1cc(N2CCOCC2)ncn1)c1nnc2n1CCCCC2. The van der Waals surface area contributed by atoms with Crippen molar-refractivity contribution in [1.82, 2.24) is 30.0 Å². The molecule has 26 heavy (non-hydrogen) atoms. The van der Waals surface area contributed by atoms with Gasteiger partial charge in [-0.15, -0.1) is 10.2 Å². The summed E-state index contributed by atoms with van der Waals surface area (Å²) in [6, 6.07) is 1.91. The number of rotatable bonds is 4. The number of carbonyl (C=O) groups is 1. The number of fused-ring (bicyclic) bond motifs is 1. The molecule has 2 aromatic rings. The number of aryl methyl sites for hydroxylation is 1. The fourth-order valence-corrected chi connectivity index (χ4v) is 3.35. The number of nitrogens with zero attached hydrogens (tertiary/aromatic N) is 6. The Labute approximate surface area is 151 Å². The number of anilines is 1. The van der Waals surface area contributed by atoms with Crippen LogP contribution >= 0.6 is 0 Å². The first kappa shape index (κ1) is 16.9. The molecule has 0 saturated carbocycles. The van der Waals surface area contributed by atoms with E-state index in [2.05, 4.69) is 30.4 Å². The molecule has 1 saturated heterocycles. The molecule has 0 radical (unpaired) electrons.